The lowest BCUT2D eigenvalue weighted by Crippen LogP contribution is -2.52. The van der Waals surface area contributed by atoms with Crippen molar-refractivity contribution in [1.29, 1.82) is 0 Å². The van der Waals surface area contributed by atoms with Gasteiger partial charge in [-0.1, -0.05) is 19.9 Å². The number of likely N-dealkylation sites (tertiary alicyclic amines) is 1. The van der Waals surface area contributed by atoms with Crippen LogP contribution in [0.3, 0.4) is 0 Å². The Morgan fingerprint density at radius 1 is 1.18 bits per heavy atom. The van der Waals surface area contributed by atoms with E-state index < -0.39 is 6.10 Å². The second-order valence-corrected chi connectivity index (χ2v) is 7.99. The molecular formula is C22H36N2O4. The summed E-state index contributed by atoms with van der Waals surface area (Å²) in [7, 11) is 1.65. The number of hydrogen-bond acceptors (Lipinski definition) is 6. The van der Waals surface area contributed by atoms with E-state index in [9.17, 15) is 5.11 Å². The van der Waals surface area contributed by atoms with E-state index in [1.807, 2.05) is 12.1 Å². The van der Waals surface area contributed by atoms with Gasteiger partial charge in [-0.2, -0.15) is 0 Å². The number of aliphatic hydroxyl groups is 1. The predicted octanol–water partition coefficient (Wildman–Crippen LogP) is 2.53. The van der Waals surface area contributed by atoms with Crippen molar-refractivity contribution < 1.29 is 19.3 Å². The Labute approximate surface area is 169 Å². The first-order valence-corrected chi connectivity index (χ1v) is 10.6. The van der Waals surface area contributed by atoms with Crippen molar-refractivity contribution in [2.24, 2.45) is 0 Å². The molecule has 0 radical (unpaired) electrons. The molecule has 0 aromatic heterocycles. The average molecular weight is 393 g/mol. The Morgan fingerprint density at radius 3 is 2.46 bits per heavy atom. The molecule has 1 spiro atoms. The van der Waals surface area contributed by atoms with Gasteiger partial charge in [0.05, 0.1) is 19.3 Å². The van der Waals surface area contributed by atoms with E-state index in [0.717, 1.165) is 52.2 Å². The number of piperidine rings is 1. The van der Waals surface area contributed by atoms with Gasteiger partial charge < -0.3 is 24.2 Å². The molecule has 2 aliphatic rings. The molecule has 1 unspecified atom stereocenters. The molecule has 6 nitrogen and oxygen atoms in total. The number of aliphatic hydroxyl groups excluding tert-OH is 1. The van der Waals surface area contributed by atoms with Crippen LogP contribution in [0.25, 0.3) is 0 Å². The SMILES string of the molecule is CCN(CC)CC(O)COc1cc(CN2CCC3(CCO3)CC2)ccc1OC. The number of ether oxygens (including phenoxy) is 3. The summed E-state index contributed by atoms with van der Waals surface area (Å²) in [5.41, 5.74) is 1.39. The molecule has 2 heterocycles. The van der Waals surface area contributed by atoms with Crippen molar-refractivity contribution in [3.63, 3.8) is 0 Å². The Balaban J connectivity index is 1.54. The fraction of sp³-hybridized carbons (Fsp3) is 0.727. The molecule has 1 atom stereocenters. The largest absolute Gasteiger partial charge is 0.493 e. The van der Waals surface area contributed by atoms with E-state index in [2.05, 4.69) is 29.7 Å². The van der Waals surface area contributed by atoms with Crippen LogP contribution < -0.4 is 9.47 Å². The van der Waals surface area contributed by atoms with Crippen molar-refractivity contribution in [2.45, 2.75) is 51.4 Å². The van der Waals surface area contributed by atoms with Crippen LogP contribution >= 0.6 is 0 Å². The molecule has 6 heteroatoms. The molecule has 1 aromatic rings. The molecule has 0 bridgehead atoms. The highest BCUT2D eigenvalue weighted by molar-refractivity contribution is 5.43. The van der Waals surface area contributed by atoms with Gasteiger partial charge >= 0.3 is 0 Å². The molecule has 2 fully saturated rings. The van der Waals surface area contributed by atoms with Gasteiger partial charge in [0.2, 0.25) is 0 Å². The molecule has 158 valence electrons. The third-order valence-electron chi connectivity index (χ3n) is 6.16. The van der Waals surface area contributed by atoms with Crippen molar-refractivity contribution in [3.05, 3.63) is 23.8 Å². The van der Waals surface area contributed by atoms with Crippen LogP contribution in [0.5, 0.6) is 11.5 Å². The lowest BCUT2D eigenvalue weighted by molar-refractivity contribution is -0.173. The summed E-state index contributed by atoms with van der Waals surface area (Å²) in [6.45, 7) is 10.9. The van der Waals surface area contributed by atoms with E-state index in [1.165, 1.54) is 12.0 Å². The minimum Gasteiger partial charge on any atom is -0.493 e. The molecule has 1 aromatic carbocycles. The van der Waals surface area contributed by atoms with E-state index >= 15 is 0 Å². The summed E-state index contributed by atoms with van der Waals surface area (Å²) < 4.78 is 17.2. The number of likely N-dealkylation sites (N-methyl/N-ethyl adjacent to an activating group) is 1. The molecule has 28 heavy (non-hydrogen) atoms. The van der Waals surface area contributed by atoms with Crippen LogP contribution in [0.4, 0.5) is 0 Å². The molecule has 3 rings (SSSR count). The van der Waals surface area contributed by atoms with Crippen LogP contribution in [-0.4, -0.2) is 79.7 Å². The zero-order chi connectivity index (χ0) is 20.0. The van der Waals surface area contributed by atoms with Crippen molar-refractivity contribution >= 4 is 0 Å². The quantitative estimate of drug-likeness (QED) is 0.660. The third-order valence-corrected chi connectivity index (χ3v) is 6.16. The number of benzene rings is 1. The van der Waals surface area contributed by atoms with Crippen molar-refractivity contribution in [1.82, 2.24) is 9.80 Å². The van der Waals surface area contributed by atoms with Gasteiger partial charge in [0, 0.05) is 26.2 Å². The van der Waals surface area contributed by atoms with Gasteiger partial charge in [0.25, 0.3) is 0 Å². The Morgan fingerprint density at radius 2 is 1.89 bits per heavy atom. The summed E-state index contributed by atoms with van der Waals surface area (Å²) in [5.74, 6) is 1.41. The molecule has 1 N–H and O–H groups in total. The zero-order valence-corrected chi connectivity index (χ0v) is 17.7. The summed E-state index contributed by atoms with van der Waals surface area (Å²) in [6.07, 6.45) is 2.96. The van der Waals surface area contributed by atoms with Gasteiger partial charge in [0.1, 0.15) is 12.7 Å². The maximum atomic E-state index is 10.3. The Bertz CT molecular complexity index is 607. The molecule has 0 saturated carbocycles. The topological polar surface area (TPSA) is 54.4 Å². The summed E-state index contributed by atoms with van der Waals surface area (Å²) in [6, 6.07) is 6.11. The second-order valence-electron chi connectivity index (χ2n) is 7.99. The van der Waals surface area contributed by atoms with Crippen LogP contribution in [0, 0.1) is 0 Å². The first-order valence-electron chi connectivity index (χ1n) is 10.6. The van der Waals surface area contributed by atoms with E-state index in [-0.39, 0.29) is 12.2 Å². The maximum absolute atomic E-state index is 10.3. The van der Waals surface area contributed by atoms with E-state index in [1.54, 1.807) is 7.11 Å². The van der Waals surface area contributed by atoms with Crippen molar-refractivity contribution in [2.75, 3.05) is 53.0 Å². The van der Waals surface area contributed by atoms with Crippen molar-refractivity contribution in [3.8, 4) is 11.5 Å². The molecule has 2 aliphatic heterocycles. The fourth-order valence-electron chi connectivity index (χ4n) is 4.11. The van der Waals surface area contributed by atoms with E-state index in [4.69, 9.17) is 14.2 Å². The number of rotatable bonds is 10. The zero-order valence-electron chi connectivity index (χ0n) is 17.7. The summed E-state index contributed by atoms with van der Waals surface area (Å²) in [5, 5.41) is 10.3. The number of methoxy groups -OCH3 is 1. The van der Waals surface area contributed by atoms with Crippen LogP contribution in [0.2, 0.25) is 0 Å². The monoisotopic (exact) mass is 392 g/mol. The first-order chi connectivity index (χ1) is 13.6. The van der Waals surface area contributed by atoms with Gasteiger partial charge in [-0.25, -0.2) is 0 Å². The van der Waals surface area contributed by atoms with E-state index in [0.29, 0.717) is 18.0 Å². The van der Waals surface area contributed by atoms with Crippen LogP contribution in [0.1, 0.15) is 38.7 Å². The van der Waals surface area contributed by atoms with Gasteiger partial charge in [0.15, 0.2) is 11.5 Å². The molecule has 2 saturated heterocycles. The first kappa shape index (κ1) is 21.4. The second kappa shape index (κ2) is 9.92. The van der Waals surface area contributed by atoms with Crippen LogP contribution in [0.15, 0.2) is 18.2 Å². The average Bonchev–Trinajstić information content (AvgIpc) is 2.70. The fourth-order valence-corrected chi connectivity index (χ4v) is 4.11. The molecular weight excluding hydrogens is 356 g/mol. The highest BCUT2D eigenvalue weighted by atomic mass is 16.5. The minimum atomic E-state index is -0.519. The lowest BCUT2D eigenvalue weighted by Gasteiger charge is -2.47. The lowest BCUT2D eigenvalue weighted by atomic mass is 9.84. The minimum absolute atomic E-state index is 0.186. The Hall–Kier alpha value is -1.34. The van der Waals surface area contributed by atoms with Gasteiger partial charge in [-0.3, -0.25) is 4.90 Å². The van der Waals surface area contributed by atoms with Gasteiger partial charge in [-0.05, 0) is 50.0 Å². The molecule has 0 amide bonds. The highest BCUT2D eigenvalue weighted by Crippen LogP contribution is 2.37. The summed E-state index contributed by atoms with van der Waals surface area (Å²) >= 11 is 0. The standard InChI is InChI=1S/C22H36N2O4/c1-4-23(5-2)16-19(25)17-27-21-14-18(6-7-20(21)26-3)15-24-11-8-22(9-12-24)10-13-28-22/h6-7,14,19,25H,4-5,8-13,15-17H2,1-3H3. The van der Waals surface area contributed by atoms with Gasteiger partial charge in [-0.15, -0.1) is 0 Å². The molecule has 0 aliphatic carbocycles. The smallest absolute Gasteiger partial charge is 0.161 e. The summed E-state index contributed by atoms with van der Waals surface area (Å²) in [4.78, 5) is 4.67. The maximum Gasteiger partial charge on any atom is 0.161 e. The number of nitrogens with zero attached hydrogens (tertiary/aromatic N) is 2. The Kier molecular flexibility index (Phi) is 7.57. The normalized spacial score (nSPS) is 20.2. The number of hydrogen-bond donors (Lipinski definition) is 1. The highest BCUT2D eigenvalue weighted by Gasteiger charge is 2.40. The third kappa shape index (κ3) is 5.38. The van der Waals surface area contributed by atoms with Crippen LogP contribution in [-0.2, 0) is 11.3 Å². The predicted molar refractivity (Wildman–Crippen MR) is 110 cm³/mol.